The zero-order valence-corrected chi connectivity index (χ0v) is 10.8. The maximum absolute atomic E-state index is 11.7. The first-order valence-corrected chi connectivity index (χ1v) is 5.79. The van der Waals surface area contributed by atoms with Crippen LogP contribution >= 0.6 is 0 Å². The summed E-state index contributed by atoms with van der Waals surface area (Å²) >= 11 is 0. The number of hydrogen-bond acceptors (Lipinski definition) is 3. The maximum Gasteiger partial charge on any atom is 0.323 e. The molecule has 0 saturated heterocycles. The van der Waals surface area contributed by atoms with E-state index in [-0.39, 0.29) is 18.1 Å². The molecule has 0 aliphatic heterocycles. The smallest absolute Gasteiger partial charge is 0.323 e. The van der Waals surface area contributed by atoms with E-state index in [4.69, 9.17) is 4.74 Å². The van der Waals surface area contributed by atoms with Gasteiger partial charge in [0.15, 0.2) is 0 Å². The van der Waals surface area contributed by atoms with Gasteiger partial charge in [-0.2, -0.15) is 0 Å². The van der Waals surface area contributed by atoms with E-state index in [0.29, 0.717) is 12.0 Å². The number of esters is 1. The van der Waals surface area contributed by atoms with Crippen molar-refractivity contribution in [1.29, 1.82) is 0 Å². The number of rotatable bonds is 6. The van der Waals surface area contributed by atoms with Gasteiger partial charge in [-0.3, -0.25) is 4.79 Å². The highest BCUT2D eigenvalue weighted by molar-refractivity contribution is 5.75. The zero-order chi connectivity index (χ0) is 12.0. The van der Waals surface area contributed by atoms with E-state index >= 15 is 0 Å². The van der Waals surface area contributed by atoms with E-state index in [1.165, 1.54) is 0 Å². The summed E-state index contributed by atoms with van der Waals surface area (Å²) in [5, 5.41) is 3.24. The Morgan fingerprint density at radius 2 is 1.67 bits per heavy atom. The molecule has 1 atom stereocenters. The second-order valence-electron chi connectivity index (χ2n) is 4.99. The Labute approximate surface area is 93.6 Å². The van der Waals surface area contributed by atoms with Crippen LogP contribution in [0.2, 0.25) is 0 Å². The van der Waals surface area contributed by atoms with Crippen molar-refractivity contribution in [2.75, 3.05) is 0 Å². The molecule has 1 N–H and O–H groups in total. The summed E-state index contributed by atoms with van der Waals surface area (Å²) in [5.41, 5.74) is 0. The van der Waals surface area contributed by atoms with Crippen LogP contribution < -0.4 is 5.32 Å². The predicted octanol–water partition coefficient (Wildman–Crippen LogP) is 2.35. The monoisotopic (exact) mass is 215 g/mol. The SMILES string of the molecule is CC(C)C[C@@H](NC(C)C)C(=O)OC(C)C. The summed E-state index contributed by atoms with van der Waals surface area (Å²) in [6, 6.07) is 0.126. The first-order chi connectivity index (χ1) is 6.82. The van der Waals surface area contributed by atoms with Crippen LogP contribution in [-0.4, -0.2) is 24.2 Å². The van der Waals surface area contributed by atoms with Crippen molar-refractivity contribution in [2.24, 2.45) is 5.92 Å². The van der Waals surface area contributed by atoms with Gasteiger partial charge in [0, 0.05) is 6.04 Å². The van der Waals surface area contributed by atoms with E-state index in [9.17, 15) is 4.79 Å². The van der Waals surface area contributed by atoms with Gasteiger partial charge in [0.2, 0.25) is 0 Å². The fourth-order valence-corrected chi connectivity index (χ4v) is 1.42. The molecule has 0 aromatic heterocycles. The first-order valence-electron chi connectivity index (χ1n) is 5.79. The average Bonchev–Trinajstić information content (AvgIpc) is 1.99. The molecule has 90 valence electrons. The zero-order valence-electron chi connectivity index (χ0n) is 10.8. The van der Waals surface area contributed by atoms with Crippen LogP contribution in [-0.2, 0) is 9.53 Å². The van der Waals surface area contributed by atoms with Gasteiger partial charge in [0.05, 0.1) is 6.10 Å². The number of ether oxygens (including phenoxy) is 1. The van der Waals surface area contributed by atoms with Crippen molar-refractivity contribution in [2.45, 2.75) is 66.2 Å². The third kappa shape index (κ3) is 7.37. The summed E-state index contributed by atoms with van der Waals surface area (Å²) in [4.78, 5) is 11.7. The van der Waals surface area contributed by atoms with Crippen LogP contribution in [0.15, 0.2) is 0 Å². The van der Waals surface area contributed by atoms with E-state index in [1.807, 2.05) is 27.7 Å². The minimum atomic E-state index is -0.174. The van der Waals surface area contributed by atoms with Crippen LogP contribution in [0.1, 0.15) is 48.0 Å². The van der Waals surface area contributed by atoms with Crippen LogP contribution in [0.3, 0.4) is 0 Å². The second kappa shape index (κ2) is 6.83. The molecule has 0 aromatic rings. The fraction of sp³-hybridized carbons (Fsp3) is 0.917. The molecule has 0 fully saturated rings. The molecule has 0 radical (unpaired) electrons. The summed E-state index contributed by atoms with van der Waals surface area (Å²) < 4.78 is 5.21. The topological polar surface area (TPSA) is 38.3 Å². The van der Waals surface area contributed by atoms with Gasteiger partial charge in [-0.15, -0.1) is 0 Å². The third-order valence-electron chi connectivity index (χ3n) is 1.88. The number of nitrogens with one attached hydrogen (secondary N) is 1. The van der Waals surface area contributed by atoms with Gasteiger partial charge in [0.1, 0.15) is 6.04 Å². The van der Waals surface area contributed by atoms with Crippen LogP contribution in [0, 0.1) is 5.92 Å². The van der Waals surface area contributed by atoms with Gasteiger partial charge in [-0.05, 0) is 26.2 Å². The third-order valence-corrected chi connectivity index (χ3v) is 1.88. The Morgan fingerprint density at radius 1 is 1.13 bits per heavy atom. The lowest BCUT2D eigenvalue weighted by atomic mass is 10.0. The lowest BCUT2D eigenvalue weighted by Crippen LogP contribution is -2.43. The highest BCUT2D eigenvalue weighted by Crippen LogP contribution is 2.08. The van der Waals surface area contributed by atoms with Crippen LogP contribution in [0.25, 0.3) is 0 Å². The number of carbonyl (C=O) groups excluding carboxylic acids is 1. The van der Waals surface area contributed by atoms with Gasteiger partial charge in [-0.1, -0.05) is 27.7 Å². The maximum atomic E-state index is 11.7. The standard InChI is InChI=1S/C12H25NO2/c1-8(2)7-11(13-9(3)4)12(14)15-10(5)6/h8-11,13H,7H2,1-6H3/t11-/m1/s1. The van der Waals surface area contributed by atoms with E-state index in [0.717, 1.165) is 6.42 Å². The molecule has 0 aliphatic carbocycles. The first kappa shape index (κ1) is 14.4. The van der Waals surface area contributed by atoms with Crippen molar-refractivity contribution < 1.29 is 9.53 Å². The molecule has 0 aromatic carbocycles. The molecule has 0 bridgehead atoms. The fourth-order valence-electron chi connectivity index (χ4n) is 1.42. The highest BCUT2D eigenvalue weighted by atomic mass is 16.5. The second-order valence-corrected chi connectivity index (χ2v) is 4.99. The summed E-state index contributed by atoms with van der Waals surface area (Å²) in [6.07, 6.45) is 0.783. The quantitative estimate of drug-likeness (QED) is 0.691. The van der Waals surface area contributed by atoms with Crippen molar-refractivity contribution in [1.82, 2.24) is 5.32 Å². The van der Waals surface area contributed by atoms with Gasteiger partial charge >= 0.3 is 5.97 Å². The number of carbonyl (C=O) groups is 1. The van der Waals surface area contributed by atoms with Crippen molar-refractivity contribution >= 4 is 5.97 Å². The highest BCUT2D eigenvalue weighted by Gasteiger charge is 2.22. The molecule has 0 aliphatic rings. The Morgan fingerprint density at radius 3 is 2.00 bits per heavy atom. The Bertz CT molecular complexity index is 178. The molecule has 0 spiro atoms. The molecular weight excluding hydrogens is 190 g/mol. The number of hydrogen-bond donors (Lipinski definition) is 1. The largest absolute Gasteiger partial charge is 0.462 e. The molecule has 0 unspecified atom stereocenters. The molecular formula is C12H25NO2. The van der Waals surface area contributed by atoms with Gasteiger partial charge in [0.25, 0.3) is 0 Å². The van der Waals surface area contributed by atoms with Gasteiger partial charge < -0.3 is 10.1 Å². The van der Waals surface area contributed by atoms with E-state index < -0.39 is 0 Å². The Kier molecular flexibility index (Phi) is 6.57. The molecule has 0 rings (SSSR count). The summed E-state index contributed by atoms with van der Waals surface area (Å²) in [6.45, 7) is 12.0. The van der Waals surface area contributed by atoms with Crippen molar-refractivity contribution in [3.8, 4) is 0 Å². The predicted molar refractivity (Wildman–Crippen MR) is 62.7 cm³/mol. The van der Waals surface area contributed by atoms with Crippen LogP contribution in [0.5, 0.6) is 0 Å². The average molecular weight is 215 g/mol. The van der Waals surface area contributed by atoms with Gasteiger partial charge in [-0.25, -0.2) is 0 Å². The molecule has 3 heteroatoms. The molecule has 3 nitrogen and oxygen atoms in total. The van der Waals surface area contributed by atoms with E-state index in [1.54, 1.807) is 0 Å². The molecule has 15 heavy (non-hydrogen) atoms. The molecule has 0 saturated carbocycles. The minimum absolute atomic E-state index is 0.0406. The Balaban J connectivity index is 4.27. The summed E-state index contributed by atoms with van der Waals surface area (Å²) in [7, 11) is 0. The lowest BCUT2D eigenvalue weighted by Gasteiger charge is -2.22. The Hall–Kier alpha value is -0.570. The lowest BCUT2D eigenvalue weighted by molar-refractivity contribution is -0.150. The summed E-state index contributed by atoms with van der Waals surface area (Å²) in [5.74, 6) is 0.355. The van der Waals surface area contributed by atoms with Crippen molar-refractivity contribution in [3.05, 3.63) is 0 Å². The minimum Gasteiger partial charge on any atom is -0.462 e. The van der Waals surface area contributed by atoms with Crippen LogP contribution in [0.4, 0.5) is 0 Å². The normalized spacial score (nSPS) is 13.7. The van der Waals surface area contributed by atoms with Crippen molar-refractivity contribution in [3.63, 3.8) is 0 Å². The molecule has 0 heterocycles. The van der Waals surface area contributed by atoms with E-state index in [2.05, 4.69) is 19.2 Å². The molecule has 0 amide bonds.